The van der Waals surface area contributed by atoms with Crippen LogP contribution in [-0.2, 0) is 11.2 Å². The number of carboxylic acids is 1. The molecule has 0 aromatic heterocycles. The van der Waals surface area contributed by atoms with Crippen LogP contribution in [0.3, 0.4) is 0 Å². The molecule has 64 valence electrons. The number of benzene rings is 1. The minimum atomic E-state index is -1.43. The predicted octanol–water partition coefficient (Wildman–Crippen LogP) is -3.66. The van der Waals surface area contributed by atoms with E-state index in [9.17, 15) is 9.90 Å². The summed E-state index contributed by atoms with van der Waals surface area (Å²) in [4.78, 5) is 10.1. The topological polar surface area (TPSA) is 60.4 Å². The molecule has 0 bridgehead atoms. The van der Waals surface area contributed by atoms with E-state index in [1.165, 1.54) is 0 Å². The molecule has 0 amide bonds. The van der Waals surface area contributed by atoms with Crippen LogP contribution in [0.5, 0.6) is 0 Å². The second-order valence-corrected chi connectivity index (χ2v) is 2.52. The number of aliphatic carboxylic acids is 1. The van der Waals surface area contributed by atoms with Gasteiger partial charge in [0, 0.05) is 6.42 Å². The summed E-state index contributed by atoms with van der Waals surface area (Å²) in [5, 5.41) is 19.1. The maximum atomic E-state index is 10.1. The third kappa shape index (κ3) is 4.43. The van der Waals surface area contributed by atoms with E-state index < -0.39 is 12.1 Å². The predicted molar refractivity (Wildman–Crippen MR) is 41.2 cm³/mol. The van der Waals surface area contributed by atoms with Crippen LogP contribution in [0.1, 0.15) is 5.56 Å². The van der Waals surface area contributed by atoms with Crippen LogP contribution in [0.25, 0.3) is 0 Å². The maximum Gasteiger partial charge on any atom is 1.00 e. The van der Waals surface area contributed by atoms with Gasteiger partial charge in [0.05, 0.1) is 12.1 Å². The van der Waals surface area contributed by atoms with E-state index in [1.807, 2.05) is 6.07 Å². The van der Waals surface area contributed by atoms with Gasteiger partial charge in [0.15, 0.2) is 0 Å². The molecule has 0 spiro atoms. The van der Waals surface area contributed by atoms with Gasteiger partial charge in [-0.2, -0.15) is 0 Å². The molecule has 0 saturated carbocycles. The van der Waals surface area contributed by atoms with Crippen LogP contribution >= 0.6 is 0 Å². The number of aliphatic hydroxyl groups is 1. The number of carbonyl (C=O) groups excluding carboxylic acids is 1. The molecule has 0 fully saturated rings. The van der Waals surface area contributed by atoms with Crippen molar-refractivity contribution < 1.29 is 44.6 Å². The Balaban J connectivity index is 0.00000144. The summed E-state index contributed by atoms with van der Waals surface area (Å²) >= 11 is 0. The minimum absolute atomic E-state index is 0. The molecule has 0 saturated heterocycles. The molecule has 1 aromatic rings. The van der Waals surface area contributed by atoms with Crippen LogP contribution < -0.4 is 34.7 Å². The van der Waals surface area contributed by atoms with Gasteiger partial charge in [0.1, 0.15) is 0 Å². The van der Waals surface area contributed by atoms with Gasteiger partial charge in [0.2, 0.25) is 0 Å². The molecule has 4 heteroatoms. The molecule has 3 nitrogen and oxygen atoms in total. The zero-order valence-electron chi connectivity index (χ0n) is 7.43. The third-order valence-electron chi connectivity index (χ3n) is 1.54. The number of rotatable bonds is 3. The molecule has 0 aliphatic carbocycles. The largest absolute Gasteiger partial charge is 1.00 e. The fourth-order valence-corrected chi connectivity index (χ4v) is 0.921. The standard InChI is InChI=1S/C9H10O3.Na/c10-8(9(11)12)6-7-4-2-1-3-5-7;/h1-5,8,10H,6H2,(H,11,12);/q;+1/p-1/t8-;/m0./s1. The van der Waals surface area contributed by atoms with Crippen molar-refractivity contribution in [3.8, 4) is 0 Å². The molecule has 0 aliphatic heterocycles. The molecule has 0 unspecified atom stereocenters. The van der Waals surface area contributed by atoms with E-state index in [2.05, 4.69) is 0 Å². The summed E-state index contributed by atoms with van der Waals surface area (Å²) in [6.07, 6.45) is -1.31. The van der Waals surface area contributed by atoms with Crippen molar-refractivity contribution in [2.75, 3.05) is 0 Å². The second kappa shape index (κ2) is 6.16. The van der Waals surface area contributed by atoms with E-state index in [0.29, 0.717) is 0 Å². The van der Waals surface area contributed by atoms with Gasteiger partial charge in [-0.05, 0) is 5.56 Å². The number of carboxylic acid groups (broad SMARTS) is 1. The third-order valence-corrected chi connectivity index (χ3v) is 1.54. The number of hydrogen-bond acceptors (Lipinski definition) is 3. The molecule has 1 rings (SSSR count). The summed E-state index contributed by atoms with van der Waals surface area (Å²) in [6.45, 7) is 0. The SMILES string of the molecule is O=C([O-])[C@@H](O)Cc1ccccc1.[Na+]. The second-order valence-electron chi connectivity index (χ2n) is 2.52. The Morgan fingerprint density at radius 2 is 1.92 bits per heavy atom. The Bertz CT molecular complexity index is 261. The quantitative estimate of drug-likeness (QED) is 0.497. The van der Waals surface area contributed by atoms with Crippen molar-refractivity contribution in [1.29, 1.82) is 0 Å². The van der Waals surface area contributed by atoms with Crippen LogP contribution in [0.15, 0.2) is 30.3 Å². The van der Waals surface area contributed by atoms with Crippen molar-refractivity contribution in [2.45, 2.75) is 12.5 Å². The smallest absolute Gasteiger partial charge is 0.547 e. The van der Waals surface area contributed by atoms with E-state index in [-0.39, 0.29) is 36.0 Å². The molecular formula is C9H9NaO3. The zero-order valence-corrected chi connectivity index (χ0v) is 9.43. The summed E-state index contributed by atoms with van der Waals surface area (Å²) < 4.78 is 0. The van der Waals surface area contributed by atoms with Gasteiger partial charge in [0.25, 0.3) is 0 Å². The maximum absolute atomic E-state index is 10.1. The average molecular weight is 188 g/mol. The Morgan fingerprint density at radius 1 is 1.38 bits per heavy atom. The van der Waals surface area contributed by atoms with Crippen molar-refractivity contribution in [1.82, 2.24) is 0 Å². The average Bonchev–Trinajstić information content (AvgIpc) is 2.06. The van der Waals surface area contributed by atoms with Gasteiger partial charge in [-0.3, -0.25) is 0 Å². The van der Waals surface area contributed by atoms with Crippen LogP contribution in [-0.4, -0.2) is 17.2 Å². The minimum Gasteiger partial charge on any atom is -0.547 e. The number of aliphatic hydroxyl groups excluding tert-OH is 1. The van der Waals surface area contributed by atoms with Crippen molar-refractivity contribution >= 4 is 5.97 Å². The Hall–Kier alpha value is -0.350. The summed E-state index contributed by atoms with van der Waals surface area (Å²) in [5.41, 5.74) is 0.786. The van der Waals surface area contributed by atoms with Gasteiger partial charge in [-0.15, -0.1) is 0 Å². The van der Waals surface area contributed by atoms with Gasteiger partial charge < -0.3 is 15.0 Å². The fraction of sp³-hybridized carbons (Fsp3) is 0.222. The van der Waals surface area contributed by atoms with E-state index in [0.717, 1.165) is 5.56 Å². The number of carbonyl (C=O) groups is 1. The first-order valence-electron chi connectivity index (χ1n) is 3.63. The Labute approximate surface area is 98.7 Å². The molecule has 0 heterocycles. The zero-order chi connectivity index (χ0) is 8.97. The molecular weight excluding hydrogens is 179 g/mol. The normalized spacial score (nSPS) is 11.5. The monoisotopic (exact) mass is 188 g/mol. The molecule has 0 radical (unpaired) electrons. The van der Waals surface area contributed by atoms with E-state index >= 15 is 0 Å². The summed E-state index contributed by atoms with van der Waals surface area (Å²) in [7, 11) is 0. The van der Waals surface area contributed by atoms with Gasteiger partial charge >= 0.3 is 29.6 Å². The van der Waals surface area contributed by atoms with E-state index in [4.69, 9.17) is 5.11 Å². The first-order valence-corrected chi connectivity index (χ1v) is 3.63. The summed E-state index contributed by atoms with van der Waals surface area (Å²) in [6, 6.07) is 8.92. The van der Waals surface area contributed by atoms with Crippen molar-refractivity contribution in [3.05, 3.63) is 35.9 Å². The van der Waals surface area contributed by atoms with Crippen molar-refractivity contribution in [3.63, 3.8) is 0 Å². The Kier molecular flexibility index (Phi) is 5.99. The molecule has 0 aliphatic rings. The van der Waals surface area contributed by atoms with Gasteiger partial charge in [-0.1, -0.05) is 30.3 Å². The first kappa shape index (κ1) is 12.7. The molecule has 13 heavy (non-hydrogen) atoms. The first-order chi connectivity index (χ1) is 5.70. The summed E-state index contributed by atoms with van der Waals surface area (Å²) in [5.74, 6) is -1.43. The van der Waals surface area contributed by atoms with Crippen LogP contribution in [0.4, 0.5) is 0 Å². The number of hydrogen-bond donors (Lipinski definition) is 1. The van der Waals surface area contributed by atoms with Crippen molar-refractivity contribution in [2.24, 2.45) is 0 Å². The van der Waals surface area contributed by atoms with Gasteiger partial charge in [-0.25, -0.2) is 0 Å². The fourth-order valence-electron chi connectivity index (χ4n) is 0.921. The molecule has 1 atom stereocenters. The van der Waals surface area contributed by atoms with Crippen LogP contribution in [0.2, 0.25) is 0 Å². The molecule has 1 N–H and O–H groups in total. The van der Waals surface area contributed by atoms with E-state index in [1.54, 1.807) is 24.3 Å². The molecule has 1 aromatic carbocycles. The van der Waals surface area contributed by atoms with Crippen LogP contribution in [0, 0.1) is 0 Å². The Morgan fingerprint density at radius 3 is 2.38 bits per heavy atom.